The van der Waals surface area contributed by atoms with Gasteiger partial charge in [-0.15, -0.1) is 0 Å². The highest BCUT2D eigenvalue weighted by atomic mass is 28.3. The van der Waals surface area contributed by atoms with E-state index in [4.69, 9.17) is 4.74 Å². The summed E-state index contributed by atoms with van der Waals surface area (Å²) in [6.07, 6.45) is 0. The minimum atomic E-state index is -1.46. The third-order valence-corrected chi connectivity index (χ3v) is 8.90. The summed E-state index contributed by atoms with van der Waals surface area (Å²) in [5.41, 5.74) is 4.33. The number of ether oxygens (including phenoxy) is 1. The summed E-state index contributed by atoms with van der Waals surface area (Å²) >= 11 is 0. The Hall–Kier alpha value is -1.33. The summed E-state index contributed by atoms with van der Waals surface area (Å²) in [6.45, 7) is 17.9. The van der Waals surface area contributed by atoms with E-state index in [1.165, 1.54) is 22.7 Å². The Kier molecular flexibility index (Phi) is 4.53. The summed E-state index contributed by atoms with van der Waals surface area (Å²) in [7, 11) is -2.77. The molecule has 0 unspecified atom stereocenters. The van der Waals surface area contributed by atoms with Gasteiger partial charge in [0.2, 0.25) is 0 Å². The molecule has 1 aliphatic heterocycles. The van der Waals surface area contributed by atoms with E-state index in [9.17, 15) is 0 Å². The third-order valence-electron chi connectivity index (χ3n) is 5.21. The molecule has 0 N–H and O–H groups in total. The molecule has 0 radical (unpaired) electrons. The van der Waals surface area contributed by atoms with Crippen LogP contribution in [0.1, 0.15) is 16.7 Å². The molecule has 1 nitrogen and oxygen atoms in total. The van der Waals surface area contributed by atoms with Gasteiger partial charge in [0.15, 0.2) is 0 Å². The van der Waals surface area contributed by atoms with Crippen LogP contribution in [0.5, 0.6) is 5.75 Å². The molecule has 0 amide bonds. The van der Waals surface area contributed by atoms with Crippen LogP contribution in [0.15, 0.2) is 42.5 Å². The fourth-order valence-electron chi connectivity index (χ4n) is 4.33. The molecule has 3 heteroatoms. The quantitative estimate of drug-likeness (QED) is 0.642. The molecule has 0 saturated heterocycles. The van der Waals surface area contributed by atoms with E-state index in [-0.39, 0.29) is 5.41 Å². The molecule has 0 spiro atoms. The molecule has 134 valence electrons. The lowest BCUT2D eigenvalue weighted by atomic mass is 9.77. The van der Waals surface area contributed by atoms with E-state index in [1.54, 1.807) is 5.19 Å². The van der Waals surface area contributed by atoms with Gasteiger partial charge in [0.1, 0.15) is 12.4 Å². The number of hydrogen-bond acceptors (Lipinski definition) is 1. The summed E-state index contributed by atoms with van der Waals surface area (Å²) in [4.78, 5) is 0. The normalized spacial score (nSPS) is 20.3. The molecule has 0 aromatic heterocycles. The van der Waals surface area contributed by atoms with Crippen LogP contribution in [-0.4, -0.2) is 22.8 Å². The zero-order chi connectivity index (χ0) is 18.5. The molecule has 1 atom stereocenters. The lowest BCUT2D eigenvalue weighted by Crippen LogP contribution is -2.48. The number of rotatable bonds is 4. The molecule has 2 aromatic rings. The van der Waals surface area contributed by atoms with Gasteiger partial charge in [0.25, 0.3) is 0 Å². The van der Waals surface area contributed by atoms with E-state index in [2.05, 4.69) is 88.7 Å². The Morgan fingerprint density at radius 1 is 0.920 bits per heavy atom. The Bertz CT molecular complexity index is 783. The van der Waals surface area contributed by atoms with Gasteiger partial charge < -0.3 is 4.74 Å². The first kappa shape index (κ1) is 18.5. The minimum Gasteiger partial charge on any atom is -0.492 e. The Balaban J connectivity index is 2.29. The third kappa shape index (κ3) is 3.49. The SMILES string of the molecule is Cc1ccc([C@]2(C[Si](C)(C)C)COc3ccccc32)c([Si](C)(C)C)c1. The van der Waals surface area contributed by atoms with Gasteiger partial charge in [-0.2, -0.15) is 0 Å². The number of hydrogen-bond donors (Lipinski definition) is 0. The maximum absolute atomic E-state index is 6.25. The monoisotopic (exact) mass is 368 g/mol. The lowest BCUT2D eigenvalue weighted by Gasteiger charge is -2.38. The minimum absolute atomic E-state index is 0.0182. The molecule has 1 aliphatic rings. The average molecular weight is 369 g/mol. The molecule has 0 bridgehead atoms. The van der Waals surface area contributed by atoms with Crippen LogP contribution in [0.3, 0.4) is 0 Å². The van der Waals surface area contributed by atoms with Gasteiger partial charge in [0, 0.05) is 13.6 Å². The highest BCUT2D eigenvalue weighted by Gasteiger charge is 2.47. The van der Waals surface area contributed by atoms with E-state index in [0.717, 1.165) is 12.4 Å². The summed E-state index contributed by atoms with van der Waals surface area (Å²) in [6, 6.07) is 17.1. The largest absolute Gasteiger partial charge is 0.492 e. The van der Waals surface area contributed by atoms with E-state index >= 15 is 0 Å². The second-order valence-electron chi connectivity index (χ2n) is 9.90. The summed E-state index contributed by atoms with van der Waals surface area (Å²) in [5.74, 6) is 1.09. The van der Waals surface area contributed by atoms with Crippen LogP contribution in [0.25, 0.3) is 0 Å². The van der Waals surface area contributed by atoms with Gasteiger partial charge >= 0.3 is 0 Å². The topological polar surface area (TPSA) is 9.23 Å². The summed E-state index contributed by atoms with van der Waals surface area (Å²) < 4.78 is 6.25. The average Bonchev–Trinajstić information content (AvgIpc) is 2.84. The number of benzene rings is 2. The van der Waals surface area contributed by atoms with Crippen molar-refractivity contribution in [2.24, 2.45) is 0 Å². The van der Waals surface area contributed by atoms with Crippen LogP contribution in [0.2, 0.25) is 45.3 Å². The predicted molar refractivity (Wildman–Crippen MR) is 115 cm³/mol. The molecule has 3 rings (SSSR count). The predicted octanol–water partition coefficient (Wildman–Crippen LogP) is 5.56. The standard InChI is InChI=1S/C22H32OSi2/c1-17-12-13-19(21(14-17)25(5,6)7)22(16-24(2,3)4)15-23-20-11-9-8-10-18(20)22/h8-14H,15-16H2,1-7H3/t22-/m0/s1. The maximum Gasteiger partial charge on any atom is 0.123 e. The number of aryl methyl sites for hydroxylation is 1. The molecule has 0 aliphatic carbocycles. The van der Waals surface area contributed by atoms with Crippen LogP contribution in [0, 0.1) is 6.92 Å². The molecule has 2 aromatic carbocycles. The van der Waals surface area contributed by atoms with Crippen molar-refractivity contribution in [1.82, 2.24) is 0 Å². The Morgan fingerprint density at radius 3 is 2.24 bits per heavy atom. The first-order valence-electron chi connectivity index (χ1n) is 9.37. The van der Waals surface area contributed by atoms with Crippen molar-refractivity contribution in [3.63, 3.8) is 0 Å². The zero-order valence-corrected chi connectivity index (χ0v) is 18.9. The first-order chi connectivity index (χ1) is 11.5. The molecule has 0 fully saturated rings. The lowest BCUT2D eigenvalue weighted by molar-refractivity contribution is 0.302. The molecular weight excluding hydrogens is 336 g/mol. The highest BCUT2D eigenvalue weighted by molar-refractivity contribution is 6.89. The highest BCUT2D eigenvalue weighted by Crippen LogP contribution is 2.48. The second kappa shape index (κ2) is 6.13. The van der Waals surface area contributed by atoms with Crippen molar-refractivity contribution < 1.29 is 4.74 Å². The Labute approximate surface area is 155 Å². The van der Waals surface area contributed by atoms with Gasteiger partial charge in [0.05, 0.1) is 13.5 Å². The molecule has 1 heterocycles. The van der Waals surface area contributed by atoms with Gasteiger partial charge in [-0.05, 0) is 24.6 Å². The van der Waals surface area contributed by atoms with E-state index < -0.39 is 16.1 Å². The van der Waals surface area contributed by atoms with Gasteiger partial charge in [-0.3, -0.25) is 0 Å². The van der Waals surface area contributed by atoms with Crippen LogP contribution < -0.4 is 9.92 Å². The van der Waals surface area contributed by atoms with Crippen molar-refractivity contribution in [2.75, 3.05) is 6.61 Å². The summed E-state index contributed by atoms with van der Waals surface area (Å²) in [5, 5.41) is 1.60. The second-order valence-corrected chi connectivity index (χ2v) is 20.4. The Morgan fingerprint density at radius 2 is 1.60 bits per heavy atom. The molecule has 25 heavy (non-hydrogen) atoms. The van der Waals surface area contributed by atoms with Crippen LogP contribution in [0.4, 0.5) is 0 Å². The maximum atomic E-state index is 6.25. The molecular formula is C22H32OSi2. The zero-order valence-electron chi connectivity index (χ0n) is 16.9. The fourth-order valence-corrected chi connectivity index (χ4v) is 8.42. The number of fused-ring (bicyclic) bond motifs is 1. The van der Waals surface area contributed by atoms with E-state index in [1.807, 2.05) is 0 Å². The van der Waals surface area contributed by atoms with Gasteiger partial charge in [-0.1, -0.05) is 86.4 Å². The smallest absolute Gasteiger partial charge is 0.123 e. The van der Waals surface area contributed by atoms with Crippen molar-refractivity contribution in [2.45, 2.75) is 57.7 Å². The van der Waals surface area contributed by atoms with Crippen molar-refractivity contribution >= 4 is 21.3 Å². The molecule has 0 saturated carbocycles. The van der Waals surface area contributed by atoms with Crippen molar-refractivity contribution in [1.29, 1.82) is 0 Å². The fraction of sp³-hybridized carbons (Fsp3) is 0.455. The van der Waals surface area contributed by atoms with Gasteiger partial charge in [-0.25, -0.2) is 0 Å². The van der Waals surface area contributed by atoms with Crippen molar-refractivity contribution in [3.8, 4) is 5.75 Å². The van der Waals surface area contributed by atoms with Crippen LogP contribution in [-0.2, 0) is 5.41 Å². The number of para-hydroxylation sites is 1. The van der Waals surface area contributed by atoms with Crippen LogP contribution >= 0.6 is 0 Å². The van der Waals surface area contributed by atoms with Crippen molar-refractivity contribution in [3.05, 3.63) is 59.2 Å². The van der Waals surface area contributed by atoms with E-state index in [0.29, 0.717) is 0 Å². The first-order valence-corrected chi connectivity index (χ1v) is 16.6.